The molecule has 4 nitrogen and oxygen atoms in total. The average molecular weight is 271 g/mol. The van der Waals surface area contributed by atoms with Gasteiger partial charge >= 0.3 is 0 Å². The van der Waals surface area contributed by atoms with Crippen LogP contribution in [0.1, 0.15) is 45.0 Å². The Morgan fingerprint density at radius 3 is 2.35 bits per heavy atom. The fraction of sp³-hybridized carbons (Fsp3) is 0.375. The summed E-state index contributed by atoms with van der Waals surface area (Å²) in [6.45, 7) is 7.90. The lowest BCUT2D eigenvalue weighted by molar-refractivity contribution is -0.122. The number of amides is 1. The van der Waals surface area contributed by atoms with Gasteiger partial charge in [-0.05, 0) is 31.5 Å². The highest BCUT2D eigenvalue weighted by atomic mass is 16.1. The van der Waals surface area contributed by atoms with Crippen LogP contribution in [0.4, 0.5) is 0 Å². The quantitative estimate of drug-likeness (QED) is 0.929. The fourth-order valence-electron chi connectivity index (χ4n) is 2.14. The molecule has 1 aromatic carbocycles. The van der Waals surface area contributed by atoms with Gasteiger partial charge in [0.1, 0.15) is 5.82 Å². The molecule has 0 aliphatic heterocycles. The van der Waals surface area contributed by atoms with Gasteiger partial charge in [-0.3, -0.25) is 4.79 Å². The van der Waals surface area contributed by atoms with E-state index in [-0.39, 0.29) is 5.91 Å². The number of imidazole rings is 1. The van der Waals surface area contributed by atoms with Crippen LogP contribution in [0.5, 0.6) is 0 Å². The highest BCUT2D eigenvalue weighted by Crippen LogP contribution is 2.25. The summed E-state index contributed by atoms with van der Waals surface area (Å²) in [5.41, 5.74) is 6.74. The molecule has 2 N–H and O–H groups in total. The lowest BCUT2D eigenvalue weighted by Crippen LogP contribution is -2.35. The largest absolute Gasteiger partial charge is 0.369 e. The predicted octanol–water partition coefficient (Wildman–Crippen LogP) is 2.76. The third kappa shape index (κ3) is 2.46. The topological polar surface area (TPSA) is 60.9 Å². The van der Waals surface area contributed by atoms with Gasteiger partial charge in [0.25, 0.3) is 0 Å². The molecule has 0 saturated carbocycles. The van der Waals surface area contributed by atoms with E-state index < -0.39 is 5.41 Å². The van der Waals surface area contributed by atoms with Crippen LogP contribution in [0.25, 0.3) is 5.69 Å². The van der Waals surface area contributed by atoms with Gasteiger partial charge in [-0.1, -0.05) is 26.0 Å². The minimum absolute atomic E-state index is 0.323. The number of primary amides is 1. The number of nitrogens with two attached hydrogens (primary N) is 1. The van der Waals surface area contributed by atoms with Crippen molar-refractivity contribution in [3.63, 3.8) is 0 Å². The lowest BCUT2D eigenvalue weighted by atomic mass is 9.84. The van der Waals surface area contributed by atoms with E-state index in [9.17, 15) is 4.79 Å². The standard InChI is InChI=1S/C16H21N3O/c1-11(2)14-18-9-10-19(14)13-7-5-12(6-8-13)16(3,4)15(17)20/h5-11H,1-4H3,(H2,17,20). The maximum absolute atomic E-state index is 11.5. The first-order chi connectivity index (χ1) is 9.34. The second-order valence-corrected chi connectivity index (χ2v) is 5.85. The van der Waals surface area contributed by atoms with Crippen LogP contribution in [-0.2, 0) is 10.2 Å². The van der Waals surface area contributed by atoms with Crippen molar-refractivity contribution < 1.29 is 4.79 Å². The van der Waals surface area contributed by atoms with Crippen molar-refractivity contribution in [1.82, 2.24) is 9.55 Å². The van der Waals surface area contributed by atoms with Crippen LogP contribution in [0.3, 0.4) is 0 Å². The Bertz CT molecular complexity index is 609. The number of carbonyl (C=O) groups is 1. The van der Waals surface area contributed by atoms with Crippen LogP contribution in [0.15, 0.2) is 36.7 Å². The van der Waals surface area contributed by atoms with Crippen molar-refractivity contribution in [2.75, 3.05) is 0 Å². The summed E-state index contributed by atoms with van der Waals surface area (Å²) in [7, 11) is 0. The average Bonchev–Trinajstić information content (AvgIpc) is 2.88. The summed E-state index contributed by atoms with van der Waals surface area (Å²) in [6.07, 6.45) is 3.75. The fourth-order valence-corrected chi connectivity index (χ4v) is 2.14. The molecule has 0 radical (unpaired) electrons. The van der Waals surface area contributed by atoms with Gasteiger partial charge < -0.3 is 10.3 Å². The van der Waals surface area contributed by atoms with Crippen LogP contribution in [0, 0.1) is 0 Å². The summed E-state index contributed by atoms with van der Waals surface area (Å²) in [6, 6.07) is 7.88. The third-order valence-corrected chi connectivity index (χ3v) is 3.67. The first-order valence-electron chi connectivity index (χ1n) is 6.78. The van der Waals surface area contributed by atoms with Gasteiger partial charge in [-0.25, -0.2) is 4.98 Å². The van der Waals surface area contributed by atoms with E-state index in [1.807, 2.05) is 44.3 Å². The van der Waals surface area contributed by atoms with Gasteiger partial charge in [0.2, 0.25) is 5.91 Å². The third-order valence-electron chi connectivity index (χ3n) is 3.67. The van der Waals surface area contributed by atoms with E-state index >= 15 is 0 Å². The van der Waals surface area contributed by atoms with E-state index in [1.54, 1.807) is 6.20 Å². The minimum atomic E-state index is -0.658. The molecule has 0 spiro atoms. The maximum Gasteiger partial charge on any atom is 0.227 e. The molecule has 1 amide bonds. The van der Waals surface area contributed by atoms with Crippen molar-refractivity contribution in [2.24, 2.45) is 5.73 Å². The van der Waals surface area contributed by atoms with Gasteiger partial charge in [-0.2, -0.15) is 0 Å². The second-order valence-electron chi connectivity index (χ2n) is 5.85. The molecule has 20 heavy (non-hydrogen) atoms. The normalized spacial score (nSPS) is 11.8. The zero-order valence-corrected chi connectivity index (χ0v) is 12.4. The van der Waals surface area contributed by atoms with E-state index in [2.05, 4.69) is 23.4 Å². The number of hydrogen-bond acceptors (Lipinski definition) is 2. The molecule has 2 rings (SSSR count). The summed E-state index contributed by atoms with van der Waals surface area (Å²) in [5, 5.41) is 0. The van der Waals surface area contributed by atoms with Crippen molar-refractivity contribution >= 4 is 5.91 Å². The van der Waals surface area contributed by atoms with Crippen LogP contribution in [-0.4, -0.2) is 15.5 Å². The molecule has 106 valence electrons. The number of nitrogens with zero attached hydrogens (tertiary/aromatic N) is 2. The first kappa shape index (κ1) is 14.3. The molecule has 0 aliphatic rings. The highest BCUT2D eigenvalue weighted by Gasteiger charge is 2.27. The number of aromatic nitrogens is 2. The van der Waals surface area contributed by atoms with E-state index in [1.165, 1.54) is 0 Å². The molecule has 0 atom stereocenters. The lowest BCUT2D eigenvalue weighted by Gasteiger charge is -2.21. The summed E-state index contributed by atoms with van der Waals surface area (Å²) in [4.78, 5) is 15.9. The molecule has 0 bridgehead atoms. The van der Waals surface area contributed by atoms with Crippen LogP contribution in [0.2, 0.25) is 0 Å². The van der Waals surface area contributed by atoms with E-state index in [4.69, 9.17) is 5.73 Å². The van der Waals surface area contributed by atoms with Crippen molar-refractivity contribution in [2.45, 2.75) is 39.0 Å². The maximum atomic E-state index is 11.5. The van der Waals surface area contributed by atoms with Gasteiger partial charge in [0.15, 0.2) is 0 Å². The Labute approximate surface area is 119 Å². The molecule has 0 saturated heterocycles. The molecule has 0 aliphatic carbocycles. The number of benzene rings is 1. The Balaban J connectivity index is 2.38. The Morgan fingerprint density at radius 1 is 1.25 bits per heavy atom. The second kappa shape index (κ2) is 5.12. The zero-order chi connectivity index (χ0) is 14.9. The Hall–Kier alpha value is -2.10. The predicted molar refractivity (Wildman–Crippen MR) is 79.9 cm³/mol. The van der Waals surface area contributed by atoms with Crippen molar-refractivity contribution in [3.8, 4) is 5.69 Å². The summed E-state index contributed by atoms with van der Waals surface area (Å²) in [5.74, 6) is 1.05. The smallest absolute Gasteiger partial charge is 0.227 e. The zero-order valence-electron chi connectivity index (χ0n) is 12.4. The summed E-state index contributed by atoms with van der Waals surface area (Å²) >= 11 is 0. The molecule has 0 fully saturated rings. The van der Waals surface area contributed by atoms with Crippen molar-refractivity contribution in [1.29, 1.82) is 0 Å². The van der Waals surface area contributed by atoms with Crippen molar-refractivity contribution in [3.05, 3.63) is 48.0 Å². The molecule has 1 aromatic heterocycles. The van der Waals surface area contributed by atoms with E-state index in [0.717, 1.165) is 17.1 Å². The monoisotopic (exact) mass is 271 g/mol. The Morgan fingerprint density at radius 2 is 1.85 bits per heavy atom. The highest BCUT2D eigenvalue weighted by molar-refractivity contribution is 5.85. The first-order valence-corrected chi connectivity index (χ1v) is 6.78. The molecule has 4 heteroatoms. The molecule has 2 aromatic rings. The molecule has 0 unspecified atom stereocenters. The Kier molecular flexibility index (Phi) is 3.66. The van der Waals surface area contributed by atoms with Gasteiger partial charge in [0, 0.05) is 24.0 Å². The number of hydrogen-bond donors (Lipinski definition) is 1. The van der Waals surface area contributed by atoms with Gasteiger partial charge in [-0.15, -0.1) is 0 Å². The van der Waals surface area contributed by atoms with E-state index in [0.29, 0.717) is 5.92 Å². The number of carbonyl (C=O) groups excluding carboxylic acids is 1. The van der Waals surface area contributed by atoms with Crippen LogP contribution >= 0.6 is 0 Å². The molecular weight excluding hydrogens is 250 g/mol. The summed E-state index contributed by atoms with van der Waals surface area (Å²) < 4.78 is 2.06. The molecular formula is C16H21N3O. The number of rotatable bonds is 4. The SMILES string of the molecule is CC(C)c1nccn1-c1ccc(C(C)(C)C(N)=O)cc1. The van der Waals surface area contributed by atoms with Gasteiger partial charge in [0.05, 0.1) is 5.41 Å². The molecule has 1 heterocycles. The van der Waals surface area contributed by atoms with Crippen LogP contribution < -0.4 is 5.73 Å². The minimum Gasteiger partial charge on any atom is -0.369 e.